The maximum Gasteiger partial charge on any atom is 0.217 e. The van der Waals surface area contributed by atoms with Gasteiger partial charge in [0.15, 0.2) is 0 Å². The number of hydrogen-bond acceptors (Lipinski definition) is 2. The van der Waals surface area contributed by atoms with Crippen molar-refractivity contribution in [2.75, 3.05) is 0 Å². The van der Waals surface area contributed by atoms with Crippen molar-refractivity contribution in [1.29, 1.82) is 0 Å². The van der Waals surface area contributed by atoms with E-state index in [1.54, 1.807) is 0 Å². The molecule has 2 nitrogen and oxygen atoms in total. The zero-order chi connectivity index (χ0) is 10.3. The number of nitrogens with zero attached hydrogens (tertiary/aromatic N) is 1. The lowest BCUT2D eigenvalue weighted by Crippen LogP contribution is -2.16. The average Bonchev–Trinajstić information content (AvgIpc) is 2.95. The summed E-state index contributed by atoms with van der Waals surface area (Å²) >= 11 is 3.33. The molecule has 4 heteroatoms. The van der Waals surface area contributed by atoms with Gasteiger partial charge in [0.1, 0.15) is 0 Å². The van der Waals surface area contributed by atoms with Crippen molar-refractivity contribution in [3.63, 3.8) is 0 Å². The second-order valence-corrected chi connectivity index (χ2v) is 4.65. The van der Waals surface area contributed by atoms with Crippen LogP contribution < -0.4 is 5.73 Å². The average molecular weight is 259 g/mol. The van der Waals surface area contributed by atoms with Crippen LogP contribution >= 0.6 is 15.9 Å². The Kier molecular flexibility index (Phi) is 2.58. The molecule has 0 amide bonds. The first-order chi connectivity index (χ1) is 6.61. The van der Waals surface area contributed by atoms with E-state index in [9.17, 15) is 4.39 Å². The third-order valence-electron chi connectivity index (χ3n) is 2.74. The number of aromatic nitrogens is 1. The van der Waals surface area contributed by atoms with Gasteiger partial charge in [-0.2, -0.15) is 4.39 Å². The molecule has 0 unspecified atom stereocenters. The fourth-order valence-corrected chi connectivity index (χ4v) is 1.96. The van der Waals surface area contributed by atoms with Crippen LogP contribution in [-0.4, -0.2) is 4.98 Å². The highest BCUT2D eigenvalue weighted by Crippen LogP contribution is 2.41. The minimum absolute atomic E-state index is 0.194. The fourth-order valence-electron chi connectivity index (χ4n) is 1.64. The Morgan fingerprint density at radius 3 is 2.86 bits per heavy atom. The summed E-state index contributed by atoms with van der Waals surface area (Å²) in [7, 11) is 0. The molecule has 1 aromatic rings. The zero-order valence-electron chi connectivity index (χ0n) is 7.93. The number of rotatable bonds is 2. The van der Waals surface area contributed by atoms with Crippen molar-refractivity contribution < 1.29 is 4.39 Å². The maximum atomic E-state index is 13.5. The van der Waals surface area contributed by atoms with Gasteiger partial charge in [0.05, 0.1) is 0 Å². The number of halogens is 2. The summed E-state index contributed by atoms with van der Waals surface area (Å²) in [4.78, 5) is 3.68. The first-order valence-electron chi connectivity index (χ1n) is 4.67. The van der Waals surface area contributed by atoms with Crippen molar-refractivity contribution in [2.45, 2.75) is 25.8 Å². The maximum absolute atomic E-state index is 13.5. The third-order valence-corrected chi connectivity index (χ3v) is 3.54. The Balaban J connectivity index is 2.43. The van der Waals surface area contributed by atoms with Crippen molar-refractivity contribution in [2.24, 2.45) is 11.7 Å². The Bertz CT molecular complexity index is 363. The first-order valence-corrected chi connectivity index (χ1v) is 5.46. The summed E-state index contributed by atoms with van der Waals surface area (Å²) in [6.45, 7) is 1.87. The molecule has 0 saturated heterocycles. The van der Waals surface area contributed by atoms with E-state index < -0.39 is 5.95 Å². The predicted molar refractivity (Wildman–Crippen MR) is 56.3 cm³/mol. The lowest BCUT2D eigenvalue weighted by Gasteiger charge is -2.14. The van der Waals surface area contributed by atoms with Gasteiger partial charge in [0.25, 0.3) is 0 Å². The van der Waals surface area contributed by atoms with Gasteiger partial charge in [-0.25, -0.2) is 4.98 Å². The van der Waals surface area contributed by atoms with Crippen molar-refractivity contribution in [1.82, 2.24) is 4.98 Å². The highest BCUT2D eigenvalue weighted by Gasteiger charge is 2.32. The van der Waals surface area contributed by atoms with Crippen LogP contribution in [0.4, 0.5) is 4.39 Å². The summed E-state index contributed by atoms with van der Waals surface area (Å²) in [6, 6.07) is -0.194. The SMILES string of the molecule is Cc1c(Br)cnc(F)c1[C@@H](N)C1CC1. The van der Waals surface area contributed by atoms with Crippen LogP contribution in [0.2, 0.25) is 0 Å². The van der Waals surface area contributed by atoms with E-state index in [0.29, 0.717) is 11.5 Å². The molecule has 1 fully saturated rings. The van der Waals surface area contributed by atoms with Crippen LogP contribution in [0.5, 0.6) is 0 Å². The van der Waals surface area contributed by atoms with Crippen LogP contribution in [0.1, 0.15) is 30.0 Å². The highest BCUT2D eigenvalue weighted by atomic mass is 79.9. The largest absolute Gasteiger partial charge is 0.324 e. The molecule has 1 saturated carbocycles. The molecule has 2 N–H and O–H groups in total. The van der Waals surface area contributed by atoms with Crippen LogP contribution in [-0.2, 0) is 0 Å². The molecule has 14 heavy (non-hydrogen) atoms. The van der Waals surface area contributed by atoms with E-state index >= 15 is 0 Å². The number of nitrogens with two attached hydrogens (primary N) is 1. The van der Waals surface area contributed by atoms with Crippen LogP contribution in [0.15, 0.2) is 10.7 Å². The summed E-state index contributed by atoms with van der Waals surface area (Å²) < 4.78 is 14.3. The Morgan fingerprint density at radius 1 is 1.64 bits per heavy atom. The Hall–Kier alpha value is -0.480. The minimum atomic E-state index is -0.426. The van der Waals surface area contributed by atoms with Crippen LogP contribution in [0, 0.1) is 18.8 Å². The monoisotopic (exact) mass is 258 g/mol. The number of hydrogen-bond donors (Lipinski definition) is 1. The van der Waals surface area contributed by atoms with Gasteiger partial charge in [0.2, 0.25) is 5.95 Å². The topological polar surface area (TPSA) is 38.9 Å². The molecule has 0 aliphatic heterocycles. The van der Waals surface area contributed by atoms with Gasteiger partial charge in [-0.05, 0) is 47.2 Å². The van der Waals surface area contributed by atoms with E-state index in [1.807, 2.05) is 6.92 Å². The van der Waals surface area contributed by atoms with E-state index in [2.05, 4.69) is 20.9 Å². The smallest absolute Gasteiger partial charge is 0.217 e. The van der Waals surface area contributed by atoms with Gasteiger partial charge in [-0.3, -0.25) is 0 Å². The van der Waals surface area contributed by atoms with Gasteiger partial charge in [-0.15, -0.1) is 0 Å². The summed E-state index contributed by atoms with van der Waals surface area (Å²) in [5, 5.41) is 0. The zero-order valence-corrected chi connectivity index (χ0v) is 9.51. The molecule has 1 aliphatic carbocycles. The molecule has 1 heterocycles. The minimum Gasteiger partial charge on any atom is -0.324 e. The summed E-state index contributed by atoms with van der Waals surface area (Å²) in [5.41, 5.74) is 7.41. The van der Waals surface area contributed by atoms with E-state index in [4.69, 9.17) is 5.73 Å². The molecule has 1 aliphatic rings. The lowest BCUT2D eigenvalue weighted by atomic mass is 10.0. The standard InChI is InChI=1S/C10H12BrFN2/c1-5-7(11)4-14-10(12)8(5)9(13)6-2-3-6/h4,6,9H,2-3,13H2,1H3/t9-/m0/s1. The first kappa shape index (κ1) is 10.1. The molecule has 0 radical (unpaired) electrons. The van der Waals surface area contributed by atoms with Gasteiger partial charge in [-0.1, -0.05) is 0 Å². The van der Waals surface area contributed by atoms with Gasteiger partial charge in [0, 0.05) is 22.3 Å². The van der Waals surface area contributed by atoms with E-state index in [1.165, 1.54) is 6.20 Å². The Labute approximate surface area is 90.8 Å². The van der Waals surface area contributed by atoms with Crippen molar-refractivity contribution >= 4 is 15.9 Å². The summed E-state index contributed by atoms with van der Waals surface area (Å²) in [5.74, 6) is 0.0180. The van der Waals surface area contributed by atoms with E-state index in [-0.39, 0.29) is 6.04 Å². The second kappa shape index (κ2) is 3.59. The van der Waals surface area contributed by atoms with Gasteiger partial charge < -0.3 is 5.73 Å². The number of pyridine rings is 1. The van der Waals surface area contributed by atoms with Crippen molar-refractivity contribution in [3.05, 3.63) is 27.7 Å². The van der Waals surface area contributed by atoms with Crippen LogP contribution in [0.3, 0.4) is 0 Å². The highest BCUT2D eigenvalue weighted by molar-refractivity contribution is 9.10. The normalized spacial score (nSPS) is 18.3. The van der Waals surface area contributed by atoms with Crippen LogP contribution in [0.25, 0.3) is 0 Å². The molecular weight excluding hydrogens is 247 g/mol. The van der Waals surface area contributed by atoms with Gasteiger partial charge >= 0.3 is 0 Å². The molecule has 0 bridgehead atoms. The molecular formula is C10H12BrFN2. The molecule has 76 valence electrons. The van der Waals surface area contributed by atoms with Crippen molar-refractivity contribution in [3.8, 4) is 0 Å². The molecule has 2 rings (SSSR count). The van der Waals surface area contributed by atoms with E-state index in [0.717, 1.165) is 22.9 Å². The molecule has 1 atom stereocenters. The third kappa shape index (κ3) is 1.68. The fraction of sp³-hybridized carbons (Fsp3) is 0.500. The second-order valence-electron chi connectivity index (χ2n) is 3.80. The summed E-state index contributed by atoms with van der Waals surface area (Å²) in [6.07, 6.45) is 3.69. The predicted octanol–water partition coefficient (Wildman–Crippen LogP) is 2.70. The molecule has 1 aromatic heterocycles. The quantitative estimate of drug-likeness (QED) is 0.829. The molecule has 0 aromatic carbocycles. The lowest BCUT2D eigenvalue weighted by molar-refractivity contribution is 0.520. The Morgan fingerprint density at radius 2 is 2.29 bits per heavy atom. The molecule has 0 spiro atoms.